The maximum atomic E-state index is 13.5. The van der Waals surface area contributed by atoms with Crippen molar-refractivity contribution >= 4 is 54.8 Å². The Morgan fingerprint density at radius 3 is 2.24 bits per heavy atom. The monoisotopic (exact) mass is 833 g/mol. The number of aromatic nitrogens is 1. The van der Waals surface area contributed by atoms with E-state index in [1.165, 1.54) is 20.3 Å². The molecule has 16 heteroatoms. The number of carbonyl (C=O) groups is 2. The molecule has 0 aliphatic carbocycles. The number of benzene rings is 4. The first-order valence-corrected chi connectivity index (χ1v) is 21.4. The lowest BCUT2D eigenvalue weighted by Gasteiger charge is -2.23. The minimum Gasteiger partial charge on any atom is -0.497 e. The highest BCUT2D eigenvalue weighted by molar-refractivity contribution is 7.91. The van der Waals surface area contributed by atoms with Gasteiger partial charge in [-0.05, 0) is 65.1 Å². The van der Waals surface area contributed by atoms with Crippen LogP contribution < -0.4 is 24.8 Å². The van der Waals surface area contributed by atoms with Gasteiger partial charge in [0.05, 0.1) is 71.8 Å². The quantitative estimate of drug-likeness (QED) is 0.0754. The number of ether oxygens (including phenoxy) is 5. The normalized spacial score (nSPS) is 12.2. The summed E-state index contributed by atoms with van der Waals surface area (Å²) in [6.07, 6.45) is 3.44. The maximum Gasteiger partial charge on any atom is 0.329 e. The van der Waals surface area contributed by atoms with Crippen molar-refractivity contribution in [1.82, 2.24) is 4.98 Å². The van der Waals surface area contributed by atoms with Gasteiger partial charge in [-0.15, -0.1) is 0 Å². The van der Waals surface area contributed by atoms with Crippen LogP contribution in [0.1, 0.15) is 37.6 Å². The van der Waals surface area contributed by atoms with Crippen molar-refractivity contribution in [3.63, 3.8) is 0 Å². The minimum absolute atomic E-state index is 0.0270. The lowest BCUT2D eigenvalue weighted by atomic mass is 9.86. The number of pyridine rings is 1. The Labute approximate surface area is 340 Å². The predicted octanol–water partition coefficient (Wildman–Crippen LogP) is 7.21. The second-order valence-corrected chi connectivity index (χ2v) is 17.6. The summed E-state index contributed by atoms with van der Waals surface area (Å²) in [6, 6.07) is 22.3. The highest BCUT2D eigenvalue weighted by Crippen LogP contribution is 2.38. The maximum absolute atomic E-state index is 13.5. The highest BCUT2D eigenvalue weighted by Gasteiger charge is 2.23. The van der Waals surface area contributed by atoms with Crippen LogP contribution in [-0.2, 0) is 46.7 Å². The van der Waals surface area contributed by atoms with Crippen LogP contribution in [0.15, 0.2) is 94.9 Å². The number of nitrogens with one attached hydrogen (secondary N) is 2. The van der Waals surface area contributed by atoms with E-state index in [2.05, 4.69) is 15.6 Å². The average Bonchev–Trinajstić information content (AvgIpc) is 3.17. The van der Waals surface area contributed by atoms with Crippen LogP contribution in [0.25, 0.3) is 10.8 Å². The molecule has 1 unspecified atom stereocenters. The van der Waals surface area contributed by atoms with Crippen LogP contribution >= 0.6 is 0 Å². The fraction of sp³-hybridized carbons (Fsp3) is 0.310. The van der Waals surface area contributed by atoms with Crippen LogP contribution in [0.3, 0.4) is 0 Å². The van der Waals surface area contributed by atoms with E-state index in [0.29, 0.717) is 50.5 Å². The van der Waals surface area contributed by atoms with Gasteiger partial charge in [0, 0.05) is 41.4 Å². The summed E-state index contributed by atoms with van der Waals surface area (Å²) in [5.74, 6) is 0.308. The van der Waals surface area contributed by atoms with E-state index in [9.17, 15) is 22.2 Å². The number of amides is 2. The number of aliphatic carboxylic acids is 1. The van der Waals surface area contributed by atoms with Gasteiger partial charge in [-0.25, -0.2) is 18.0 Å². The van der Waals surface area contributed by atoms with Crippen LogP contribution in [0.4, 0.5) is 16.2 Å². The van der Waals surface area contributed by atoms with Crippen LogP contribution in [0, 0.1) is 0 Å². The lowest BCUT2D eigenvalue weighted by molar-refractivity contribution is -0.142. The Hall–Kier alpha value is -5.55. The average molecular weight is 834 g/mol. The number of carbonyl (C=O) groups excluding carboxylic acids is 1. The number of carboxylic acids is 1. The summed E-state index contributed by atoms with van der Waals surface area (Å²) in [4.78, 5) is 29.1. The Morgan fingerprint density at radius 2 is 1.55 bits per heavy atom. The molecule has 1 atom stereocenters. The van der Waals surface area contributed by atoms with Crippen molar-refractivity contribution in [1.29, 1.82) is 0 Å². The van der Waals surface area contributed by atoms with Crippen LogP contribution in [0.2, 0.25) is 0 Å². The zero-order chi connectivity index (χ0) is 42.0. The minimum atomic E-state index is -3.76. The van der Waals surface area contributed by atoms with Crippen molar-refractivity contribution in [2.75, 3.05) is 63.3 Å². The number of urea groups is 1. The molecule has 0 saturated carbocycles. The Kier molecular flexibility index (Phi) is 14.5. The van der Waals surface area contributed by atoms with Crippen molar-refractivity contribution in [2.24, 2.45) is 0 Å². The molecule has 5 aromatic rings. The zero-order valence-electron chi connectivity index (χ0n) is 33.1. The number of anilines is 2. The third-order valence-electron chi connectivity index (χ3n) is 8.84. The van der Waals surface area contributed by atoms with E-state index in [1.54, 1.807) is 48.9 Å². The third-order valence-corrected chi connectivity index (χ3v) is 11.4. The molecule has 1 heterocycles. The highest BCUT2D eigenvalue weighted by atomic mass is 32.2. The fourth-order valence-electron chi connectivity index (χ4n) is 5.95. The summed E-state index contributed by atoms with van der Waals surface area (Å²) >= 11 is 0. The molecule has 0 spiro atoms. The van der Waals surface area contributed by atoms with Gasteiger partial charge in [0.15, 0.2) is 15.6 Å². The fourth-order valence-corrected chi connectivity index (χ4v) is 7.89. The standard InChI is InChI=1S/C42H47N3O11S2/c1-42(2,3)28-22-36(40(53-5)38(23-28)57(6)49)45-41(48)44-35-11-12-37(34-10-8-7-9-33(34)35)56-30-13-14-43-29(24-30)19-27-20-31(52-4)25-32(21-27)58(50,51)18-17-54-15-16-55-26-39(46)47/h7-14,20-25H,15-19,26H2,1-6H3,(H,46,47)(H2,44,45,48). The number of carboxylic acid groups (broad SMARTS) is 1. The first-order valence-electron chi connectivity index (χ1n) is 18.1. The van der Waals surface area contributed by atoms with Gasteiger partial charge in [0.1, 0.15) is 23.9 Å². The lowest BCUT2D eigenvalue weighted by Crippen LogP contribution is -2.21. The number of sulfone groups is 1. The molecule has 0 radical (unpaired) electrons. The number of rotatable bonds is 18. The van der Waals surface area contributed by atoms with Gasteiger partial charge in [0.25, 0.3) is 0 Å². The largest absolute Gasteiger partial charge is 0.497 e. The molecule has 0 aliphatic heterocycles. The van der Waals surface area contributed by atoms with Gasteiger partial charge >= 0.3 is 12.0 Å². The third kappa shape index (κ3) is 11.5. The molecule has 0 fully saturated rings. The van der Waals surface area contributed by atoms with E-state index >= 15 is 0 Å². The van der Waals surface area contributed by atoms with Crippen molar-refractivity contribution in [3.05, 3.63) is 102 Å². The molecule has 14 nitrogen and oxygen atoms in total. The summed E-state index contributed by atoms with van der Waals surface area (Å²) < 4.78 is 66.6. The predicted molar refractivity (Wildman–Crippen MR) is 222 cm³/mol. The van der Waals surface area contributed by atoms with Gasteiger partial charge in [-0.2, -0.15) is 0 Å². The van der Waals surface area contributed by atoms with E-state index in [-0.39, 0.29) is 42.3 Å². The number of hydrogen-bond donors (Lipinski definition) is 3. The smallest absolute Gasteiger partial charge is 0.329 e. The molecular weight excluding hydrogens is 787 g/mol. The number of nitrogens with zero attached hydrogens (tertiary/aromatic N) is 1. The number of fused-ring (bicyclic) bond motifs is 1. The molecule has 1 aromatic heterocycles. The van der Waals surface area contributed by atoms with Crippen molar-refractivity contribution in [2.45, 2.75) is 42.4 Å². The van der Waals surface area contributed by atoms with Crippen molar-refractivity contribution in [3.8, 4) is 23.0 Å². The van der Waals surface area contributed by atoms with Gasteiger partial charge in [-0.1, -0.05) is 45.0 Å². The molecular formula is C42H47N3O11S2. The summed E-state index contributed by atoms with van der Waals surface area (Å²) in [6.45, 7) is 5.62. The van der Waals surface area contributed by atoms with Crippen molar-refractivity contribution < 1.29 is 51.0 Å². The second-order valence-electron chi connectivity index (χ2n) is 14.2. The summed E-state index contributed by atoms with van der Waals surface area (Å²) in [7, 11) is -2.20. The van der Waals surface area contributed by atoms with E-state index in [0.717, 1.165) is 16.3 Å². The zero-order valence-corrected chi connectivity index (χ0v) is 34.8. The molecule has 308 valence electrons. The summed E-state index contributed by atoms with van der Waals surface area (Å²) in [5, 5.41) is 15.9. The Balaban J connectivity index is 1.31. The molecule has 0 aliphatic rings. The Morgan fingerprint density at radius 1 is 0.828 bits per heavy atom. The molecule has 5 rings (SSSR count). The van der Waals surface area contributed by atoms with E-state index < -0.39 is 39.2 Å². The summed E-state index contributed by atoms with van der Waals surface area (Å²) in [5.41, 5.74) is 2.79. The second kappa shape index (κ2) is 19.3. The van der Waals surface area contributed by atoms with Gasteiger partial charge in [0.2, 0.25) is 0 Å². The first-order chi connectivity index (χ1) is 27.6. The molecule has 3 N–H and O–H groups in total. The van der Waals surface area contributed by atoms with Crippen LogP contribution in [0.5, 0.6) is 23.0 Å². The number of hydrogen-bond acceptors (Lipinski definition) is 11. The Bertz CT molecular complexity index is 2410. The molecule has 58 heavy (non-hydrogen) atoms. The molecule has 0 saturated heterocycles. The molecule has 0 bridgehead atoms. The van der Waals surface area contributed by atoms with Crippen LogP contribution in [-0.4, -0.2) is 87.4 Å². The van der Waals surface area contributed by atoms with E-state index in [4.69, 9.17) is 28.8 Å². The van der Waals surface area contributed by atoms with Gasteiger partial charge in [-0.3, -0.25) is 9.19 Å². The van der Waals surface area contributed by atoms with E-state index in [1.807, 2.05) is 57.2 Å². The molecule has 2 amide bonds. The SMILES string of the molecule is COc1cc(Cc2cc(Oc3ccc(NC(=O)Nc4cc(C(C)(C)C)cc(S(C)=O)c4OC)c4ccccc34)ccn2)cc(S(=O)(=O)CCOCCOCC(=O)O)c1. The topological polar surface area (TPSA) is 189 Å². The number of methoxy groups -OCH3 is 2. The van der Waals surface area contributed by atoms with Gasteiger partial charge < -0.3 is 39.4 Å². The molecule has 4 aromatic carbocycles. The first kappa shape index (κ1) is 43.6.